The molecule has 7 nitrogen and oxygen atoms in total. The van der Waals surface area contributed by atoms with Gasteiger partial charge in [-0.05, 0) is 36.2 Å². The van der Waals surface area contributed by atoms with Crippen molar-refractivity contribution in [3.8, 4) is 0 Å². The van der Waals surface area contributed by atoms with E-state index in [1.807, 2.05) is 6.07 Å². The molecule has 0 saturated heterocycles. The normalized spacial score (nSPS) is 16.8. The van der Waals surface area contributed by atoms with Crippen LogP contribution < -0.4 is 5.32 Å². The van der Waals surface area contributed by atoms with Crippen molar-refractivity contribution in [3.05, 3.63) is 53.1 Å². The molecule has 2 aromatic heterocycles. The zero-order valence-corrected chi connectivity index (χ0v) is 18.2. The number of fused-ring (bicyclic) bond motifs is 1. The lowest BCUT2D eigenvalue weighted by molar-refractivity contribution is 0.0950. The summed E-state index contributed by atoms with van der Waals surface area (Å²) < 4.78 is 23.7. The molecule has 0 aliphatic carbocycles. The van der Waals surface area contributed by atoms with Gasteiger partial charge in [0.1, 0.15) is 0 Å². The van der Waals surface area contributed by atoms with Crippen molar-refractivity contribution in [1.82, 2.24) is 20.2 Å². The SMILES string of the molecule is CCN1Cc2cc(C(=O)NCc3ccc(S(=O)(=O)CC)cn3)cnc2[C@@H]1C(C)C. The number of sulfone groups is 1. The van der Waals surface area contributed by atoms with Crippen LogP contribution in [0, 0.1) is 5.92 Å². The fourth-order valence-electron chi connectivity index (χ4n) is 3.71. The molecule has 0 bridgehead atoms. The lowest BCUT2D eigenvalue weighted by Gasteiger charge is -2.25. The number of hydrogen-bond donors (Lipinski definition) is 1. The lowest BCUT2D eigenvalue weighted by Crippen LogP contribution is -2.25. The maximum atomic E-state index is 12.6. The standard InChI is InChI=1S/C21H28N4O3S/c1-5-25-13-16-9-15(10-23-19(16)20(25)14(3)4)21(26)24-11-17-7-8-18(12-22-17)29(27,28)6-2/h7-10,12,14,20H,5-6,11,13H2,1-4H3,(H,24,26)/t20-/m0/s1. The topological polar surface area (TPSA) is 92.3 Å². The molecule has 8 heteroatoms. The molecular weight excluding hydrogens is 388 g/mol. The molecule has 0 spiro atoms. The summed E-state index contributed by atoms with van der Waals surface area (Å²) in [5.41, 5.74) is 3.28. The molecule has 0 aromatic carbocycles. The third-order valence-corrected chi connectivity index (χ3v) is 7.03. The van der Waals surface area contributed by atoms with Gasteiger partial charge in [-0.3, -0.25) is 19.7 Å². The van der Waals surface area contributed by atoms with Crippen LogP contribution in [0.2, 0.25) is 0 Å². The van der Waals surface area contributed by atoms with E-state index in [2.05, 4.69) is 41.0 Å². The van der Waals surface area contributed by atoms with Crippen molar-refractivity contribution in [3.63, 3.8) is 0 Å². The van der Waals surface area contributed by atoms with E-state index in [9.17, 15) is 13.2 Å². The van der Waals surface area contributed by atoms with Gasteiger partial charge >= 0.3 is 0 Å². The van der Waals surface area contributed by atoms with Gasteiger partial charge in [0, 0.05) is 18.9 Å². The Bertz CT molecular complexity index is 987. The molecule has 156 valence electrons. The number of carbonyl (C=O) groups excluding carboxylic acids is 1. The first kappa shape index (κ1) is 21.4. The Morgan fingerprint density at radius 1 is 1.24 bits per heavy atom. The van der Waals surface area contributed by atoms with E-state index >= 15 is 0 Å². The summed E-state index contributed by atoms with van der Waals surface area (Å²) in [5.74, 6) is 0.265. The maximum Gasteiger partial charge on any atom is 0.253 e. The Kier molecular flexibility index (Phi) is 6.33. The summed E-state index contributed by atoms with van der Waals surface area (Å²) in [6.07, 6.45) is 2.97. The molecule has 1 N–H and O–H groups in total. The molecule has 0 unspecified atom stereocenters. The second-order valence-electron chi connectivity index (χ2n) is 7.59. The van der Waals surface area contributed by atoms with Crippen molar-refractivity contribution in [1.29, 1.82) is 0 Å². The Balaban J connectivity index is 1.68. The molecule has 2 aromatic rings. The number of hydrogen-bond acceptors (Lipinski definition) is 6. The van der Waals surface area contributed by atoms with Gasteiger partial charge in [0.25, 0.3) is 5.91 Å². The molecule has 1 aliphatic rings. The maximum absolute atomic E-state index is 12.6. The van der Waals surface area contributed by atoms with Gasteiger partial charge in [-0.15, -0.1) is 0 Å². The van der Waals surface area contributed by atoms with Crippen molar-refractivity contribution < 1.29 is 13.2 Å². The number of nitrogens with one attached hydrogen (secondary N) is 1. The highest BCUT2D eigenvalue weighted by atomic mass is 32.2. The van der Waals surface area contributed by atoms with Crippen LogP contribution >= 0.6 is 0 Å². The quantitative estimate of drug-likeness (QED) is 0.746. The van der Waals surface area contributed by atoms with Crippen molar-refractivity contribution in [2.45, 2.75) is 51.7 Å². The molecule has 0 fully saturated rings. The van der Waals surface area contributed by atoms with E-state index < -0.39 is 9.84 Å². The second kappa shape index (κ2) is 8.59. The first-order valence-electron chi connectivity index (χ1n) is 9.95. The minimum Gasteiger partial charge on any atom is -0.346 e. The van der Waals surface area contributed by atoms with Crippen LogP contribution in [0.1, 0.15) is 61.0 Å². The van der Waals surface area contributed by atoms with Gasteiger partial charge in [-0.25, -0.2) is 8.42 Å². The summed E-state index contributed by atoms with van der Waals surface area (Å²) in [7, 11) is -3.27. The molecule has 3 heterocycles. The number of carbonyl (C=O) groups is 1. The number of rotatable bonds is 7. The molecule has 1 atom stereocenters. The van der Waals surface area contributed by atoms with Crippen LogP contribution in [0.15, 0.2) is 35.5 Å². The predicted molar refractivity (Wildman–Crippen MR) is 111 cm³/mol. The van der Waals surface area contributed by atoms with Crippen LogP contribution in [0.4, 0.5) is 0 Å². The minimum absolute atomic E-state index is 0.0310. The number of pyridine rings is 2. The third kappa shape index (κ3) is 4.48. The molecule has 0 saturated carbocycles. The van der Waals surface area contributed by atoms with Crippen LogP contribution in [-0.4, -0.2) is 41.5 Å². The Hall–Kier alpha value is -2.32. The molecule has 0 radical (unpaired) electrons. The Labute approximate surface area is 172 Å². The monoisotopic (exact) mass is 416 g/mol. The Morgan fingerprint density at radius 3 is 2.59 bits per heavy atom. The summed E-state index contributed by atoms with van der Waals surface area (Å²) >= 11 is 0. The van der Waals surface area contributed by atoms with E-state index in [1.165, 1.54) is 12.3 Å². The van der Waals surface area contributed by atoms with E-state index in [1.54, 1.807) is 19.2 Å². The number of amides is 1. The van der Waals surface area contributed by atoms with Gasteiger partial charge in [0.05, 0.1) is 40.2 Å². The zero-order chi connectivity index (χ0) is 21.2. The fraction of sp³-hybridized carbons (Fsp3) is 0.476. The average molecular weight is 417 g/mol. The first-order valence-corrected chi connectivity index (χ1v) is 11.6. The van der Waals surface area contributed by atoms with Crippen molar-refractivity contribution in [2.75, 3.05) is 12.3 Å². The van der Waals surface area contributed by atoms with Crippen LogP contribution in [-0.2, 0) is 22.9 Å². The summed E-state index contributed by atoms with van der Waals surface area (Å²) in [5, 5.41) is 2.83. The summed E-state index contributed by atoms with van der Waals surface area (Å²) in [6.45, 7) is 10.1. The minimum atomic E-state index is -3.27. The highest BCUT2D eigenvalue weighted by Crippen LogP contribution is 2.37. The van der Waals surface area contributed by atoms with E-state index in [0.29, 0.717) is 17.2 Å². The van der Waals surface area contributed by atoms with E-state index in [-0.39, 0.29) is 29.1 Å². The Morgan fingerprint density at radius 2 is 2.00 bits per heavy atom. The zero-order valence-electron chi connectivity index (χ0n) is 17.3. The summed E-state index contributed by atoms with van der Waals surface area (Å²) in [6, 6.07) is 5.35. The van der Waals surface area contributed by atoms with Crippen LogP contribution in [0.5, 0.6) is 0 Å². The number of nitrogens with zero attached hydrogens (tertiary/aromatic N) is 3. The van der Waals surface area contributed by atoms with Crippen LogP contribution in [0.3, 0.4) is 0 Å². The highest BCUT2D eigenvalue weighted by Gasteiger charge is 2.33. The average Bonchev–Trinajstić information content (AvgIpc) is 3.10. The highest BCUT2D eigenvalue weighted by molar-refractivity contribution is 7.91. The summed E-state index contributed by atoms with van der Waals surface area (Å²) in [4.78, 5) is 23.9. The van der Waals surface area contributed by atoms with Gasteiger partial charge in [0.2, 0.25) is 0 Å². The number of aromatic nitrogens is 2. The van der Waals surface area contributed by atoms with Gasteiger partial charge in [-0.2, -0.15) is 0 Å². The molecular formula is C21H28N4O3S. The van der Waals surface area contributed by atoms with E-state index in [4.69, 9.17) is 0 Å². The van der Waals surface area contributed by atoms with E-state index in [0.717, 1.165) is 24.3 Å². The van der Waals surface area contributed by atoms with Gasteiger partial charge < -0.3 is 5.32 Å². The predicted octanol–water partition coefficient (Wildman–Crippen LogP) is 2.73. The molecule has 1 amide bonds. The second-order valence-corrected chi connectivity index (χ2v) is 9.87. The largest absolute Gasteiger partial charge is 0.346 e. The molecule has 29 heavy (non-hydrogen) atoms. The van der Waals surface area contributed by atoms with Crippen molar-refractivity contribution in [2.24, 2.45) is 5.92 Å². The fourth-order valence-corrected chi connectivity index (χ4v) is 4.54. The first-order chi connectivity index (χ1) is 13.8. The molecule has 3 rings (SSSR count). The smallest absolute Gasteiger partial charge is 0.253 e. The third-order valence-electron chi connectivity index (χ3n) is 5.32. The van der Waals surface area contributed by atoms with Crippen LogP contribution in [0.25, 0.3) is 0 Å². The van der Waals surface area contributed by atoms with Gasteiger partial charge in [-0.1, -0.05) is 27.7 Å². The van der Waals surface area contributed by atoms with Crippen molar-refractivity contribution >= 4 is 15.7 Å². The lowest BCUT2D eigenvalue weighted by atomic mass is 9.99. The molecule has 1 aliphatic heterocycles. The van der Waals surface area contributed by atoms with Gasteiger partial charge in [0.15, 0.2) is 9.84 Å².